The highest BCUT2D eigenvalue weighted by Crippen LogP contribution is 2.35. The zero-order valence-corrected chi connectivity index (χ0v) is 21.1. The molecule has 0 bridgehead atoms. The molecule has 0 aromatic heterocycles. The molecule has 1 amide bonds. The summed E-state index contributed by atoms with van der Waals surface area (Å²) in [6.07, 6.45) is 6.76. The van der Waals surface area contributed by atoms with E-state index in [2.05, 4.69) is 23.6 Å². The van der Waals surface area contributed by atoms with Crippen molar-refractivity contribution in [2.24, 2.45) is 5.92 Å². The van der Waals surface area contributed by atoms with Crippen molar-refractivity contribution >= 4 is 5.91 Å². The number of fused-ring (bicyclic) bond motifs is 1. The quantitative estimate of drug-likeness (QED) is 0.562. The molecule has 1 atom stereocenters. The topological polar surface area (TPSA) is 68.8 Å². The monoisotopic (exact) mass is 494 g/mol. The number of amides is 1. The lowest BCUT2D eigenvalue weighted by molar-refractivity contribution is 0.0953. The Balaban J connectivity index is 0.000000170. The van der Waals surface area contributed by atoms with Crippen LogP contribution in [0.3, 0.4) is 0 Å². The molecule has 1 fully saturated rings. The average molecular weight is 495 g/mol. The fourth-order valence-electron chi connectivity index (χ4n) is 4.56. The normalized spacial score (nSPS) is 18.6. The highest BCUT2D eigenvalue weighted by Gasteiger charge is 2.17. The Bertz CT molecular complexity index is 1120. The van der Waals surface area contributed by atoms with Crippen LogP contribution < -0.4 is 24.8 Å². The third kappa shape index (κ3) is 6.88. The van der Waals surface area contributed by atoms with Crippen LogP contribution in [0.4, 0.5) is 4.39 Å². The maximum atomic E-state index is 13.5. The lowest BCUT2D eigenvalue weighted by Crippen LogP contribution is -2.33. The molecule has 0 spiro atoms. The van der Waals surface area contributed by atoms with Gasteiger partial charge < -0.3 is 24.8 Å². The molecule has 3 aliphatic rings. The molecular formula is C29H35FN2O4. The molecule has 2 heterocycles. The molecule has 2 aliphatic heterocycles. The van der Waals surface area contributed by atoms with E-state index in [0.29, 0.717) is 19.3 Å². The third-order valence-corrected chi connectivity index (χ3v) is 6.73. The Morgan fingerprint density at radius 3 is 2.78 bits per heavy atom. The van der Waals surface area contributed by atoms with Crippen molar-refractivity contribution in [2.75, 3.05) is 33.0 Å². The van der Waals surface area contributed by atoms with Gasteiger partial charge in [-0.05, 0) is 75.9 Å². The Morgan fingerprint density at radius 1 is 1.17 bits per heavy atom. The first-order valence-corrected chi connectivity index (χ1v) is 12.6. The molecule has 6 nitrogen and oxygen atoms in total. The maximum Gasteiger partial charge on any atom is 0.254 e. The zero-order chi connectivity index (χ0) is 25.3. The van der Waals surface area contributed by atoms with Crippen LogP contribution in [-0.4, -0.2) is 38.9 Å². The molecule has 5 rings (SSSR count). The minimum absolute atomic E-state index is 0.0956. The second kappa shape index (κ2) is 12.6. The number of benzene rings is 2. The second-order valence-electron chi connectivity index (χ2n) is 9.39. The molecule has 2 aromatic rings. The Hall–Kier alpha value is -3.32. The van der Waals surface area contributed by atoms with Crippen molar-refractivity contribution in [1.29, 1.82) is 0 Å². The number of nitrogens with one attached hydrogen (secondary N) is 2. The summed E-state index contributed by atoms with van der Waals surface area (Å²) < 4.78 is 29.8. The first-order valence-electron chi connectivity index (χ1n) is 12.6. The highest BCUT2D eigenvalue weighted by molar-refractivity contribution is 5.94. The van der Waals surface area contributed by atoms with Gasteiger partial charge in [0, 0.05) is 25.1 Å². The van der Waals surface area contributed by atoms with Gasteiger partial charge in [0.15, 0.2) is 11.5 Å². The van der Waals surface area contributed by atoms with E-state index in [-0.39, 0.29) is 11.5 Å². The van der Waals surface area contributed by atoms with Crippen LogP contribution >= 0.6 is 0 Å². The van der Waals surface area contributed by atoms with Gasteiger partial charge in [-0.2, -0.15) is 0 Å². The Kier molecular flexibility index (Phi) is 9.01. The van der Waals surface area contributed by atoms with Gasteiger partial charge in [-0.3, -0.25) is 4.79 Å². The molecule has 192 valence electrons. The van der Waals surface area contributed by atoms with Gasteiger partial charge in [0.25, 0.3) is 5.91 Å². The van der Waals surface area contributed by atoms with Crippen molar-refractivity contribution in [3.8, 4) is 17.2 Å². The van der Waals surface area contributed by atoms with Crippen LogP contribution in [0, 0.1) is 11.7 Å². The van der Waals surface area contributed by atoms with Crippen molar-refractivity contribution in [1.82, 2.24) is 10.6 Å². The van der Waals surface area contributed by atoms with Gasteiger partial charge in [-0.15, -0.1) is 0 Å². The minimum Gasteiger partial charge on any atom is -0.493 e. The van der Waals surface area contributed by atoms with Gasteiger partial charge in [-0.1, -0.05) is 29.4 Å². The molecule has 2 N–H and O–H groups in total. The van der Waals surface area contributed by atoms with E-state index in [1.807, 2.05) is 25.1 Å². The summed E-state index contributed by atoms with van der Waals surface area (Å²) >= 11 is 0. The summed E-state index contributed by atoms with van der Waals surface area (Å²) in [6.45, 7) is 7.87. The molecular weight excluding hydrogens is 459 g/mol. The van der Waals surface area contributed by atoms with Gasteiger partial charge in [-0.25, -0.2) is 4.39 Å². The highest BCUT2D eigenvalue weighted by atomic mass is 19.1. The SMILES string of the molecule is CC1=CCCC(C)=C1CNC(=O)c1ccccc1F.c1cc2c(cc1OCC1CCCNC1)OCO2. The van der Waals surface area contributed by atoms with Crippen molar-refractivity contribution < 1.29 is 23.4 Å². The van der Waals surface area contributed by atoms with E-state index in [1.54, 1.807) is 12.1 Å². The Labute approximate surface area is 212 Å². The second-order valence-corrected chi connectivity index (χ2v) is 9.39. The van der Waals surface area contributed by atoms with Crippen LogP contribution in [0.5, 0.6) is 17.2 Å². The number of halogens is 1. The number of rotatable bonds is 6. The van der Waals surface area contributed by atoms with Crippen molar-refractivity contribution in [3.63, 3.8) is 0 Å². The van der Waals surface area contributed by atoms with E-state index in [9.17, 15) is 9.18 Å². The van der Waals surface area contributed by atoms with Gasteiger partial charge in [0.2, 0.25) is 6.79 Å². The Morgan fingerprint density at radius 2 is 2.00 bits per heavy atom. The number of carbonyl (C=O) groups excluding carboxylic acids is 1. The molecule has 1 unspecified atom stereocenters. The summed E-state index contributed by atoms with van der Waals surface area (Å²) in [5.41, 5.74) is 3.76. The summed E-state index contributed by atoms with van der Waals surface area (Å²) in [6, 6.07) is 11.8. The van der Waals surface area contributed by atoms with Crippen LogP contribution in [0.2, 0.25) is 0 Å². The number of hydrogen-bond acceptors (Lipinski definition) is 5. The standard InChI is InChI=1S/C16H18FNO.C13H17NO3/c1-11-6-5-7-12(2)14(11)10-18-16(19)13-8-3-4-9-15(13)17;1-2-10(7-14-5-1)8-15-11-3-4-12-13(6-11)17-9-16-12/h3-4,6,8-9H,5,7,10H2,1-2H3,(H,18,19);3-4,6,10,14H,1-2,5,7-9H2. The number of hydrogen-bond donors (Lipinski definition) is 2. The van der Waals surface area contributed by atoms with E-state index in [1.165, 1.54) is 36.1 Å². The van der Waals surface area contributed by atoms with Crippen LogP contribution in [0.25, 0.3) is 0 Å². The smallest absolute Gasteiger partial charge is 0.254 e. The van der Waals surface area contributed by atoms with E-state index < -0.39 is 5.82 Å². The molecule has 36 heavy (non-hydrogen) atoms. The van der Waals surface area contributed by atoms with Crippen LogP contribution in [0.15, 0.2) is 65.3 Å². The fraction of sp³-hybridized carbons (Fsp3) is 0.414. The summed E-state index contributed by atoms with van der Waals surface area (Å²) in [5.74, 6) is 2.22. The van der Waals surface area contributed by atoms with Gasteiger partial charge >= 0.3 is 0 Å². The maximum absolute atomic E-state index is 13.5. The summed E-state index contributed by atoms with van der Waals surface area (Å²) in [4.78, 5) is 11.9. The molecule has 2 aromatic carbocycles. The molecule has 0 saturated carbocycles. The average Bonchev–Trinajstić information content (AvgIpc) is 3.36. The van der Waals surface area contributed by atoms with E-state index in [0.717, 1.165) is 55.4 Å². The number of piperidine rings is 1. The summed E-state index contributed by atoms with van der Waals surface area (Å²) in [7, 11) is 0. The molecule has 7 heteroatoms. The lowest BCUT2D eigenvalue weighted by Gasteiger charge is -2.22. The number of allylic oxidation sites excluding steroid dienone is 2. The fourth-order valence-corrected chi connectivity index (χ4v) is 4.56. The van der Waals surface area contributed by atoms with Crippen molar-refractivity contribution in [3.05, 3.63) is 76.6 Å². The largest absolute Gasteiger partial charge is 0.493 e. The predicted octanol–water partition coefficient (Wildman–Crippen LogP) is 5.41. The van der Waals surface area contributed by atoms with Crippen LogP contribution in [0.1, 0.15) is 49.9 Å². The molecule has 0 radical (unpaired) electrons. The third-order valence-electron chi connectivity index (χ3n) is 6.73. The first kappa shape index (κ1) is 25.8. The lowest BCUT2D eigenvalue weighted by atomic mass is 9.92. The molecule has 1 aliphatic carbocycles. The minimum atomic E-state index is -0.485. The van der Waals surface area contributed by atoms with Crippen molar-refractivity contribution in [2.45, 2.75) is 39.5 Å². The first-order chi connectivity index (χ1) is 17.5. The number of carbonyl (C=O) groups is 1. The van der Waals surface area contributed by atoms with Gasteiger partial charge in [0.1, 0.15) is 11.6 Å². The van der Waals surface area contributed by atoms with Gasteiger partial charge in [0.05, 0.1) is 12.2 Å². The van der Waals surface area contributed by atoms with E-state index in [4.69, 9.17) is 14.2 Å². The predicted molar refractivity (Wildman–Crippen MR) is 138 cm³/mol. The van der Waals surface area contributed by atoms with E-state index >= 15 is 0 Å². The number of ether oxygens (including phenoxy) is 3. The van der Waals surface area contributed by atoms with Crippen LogP contribution in [-0.2, 0) is 0 Å². The molecule has 1 saturated heterocycles. The summed E-state index contributed by atoms with van der Waals surface area (Å²) in [5, 5.41) is 6.18. The zero-order valence-electron chi connectivity index (χ0n) is 21.1.